The number of piperidine rings is 1. The summed E-state index contributed by atoms with van der Waals surface area (Å²) in [5.74, 6) is 0.00616. The van der Waals surface area contributed by atoms with E-state index < -0.39 is 16.1 Å². The van der Waals surface area contributed by atoms with Gasteiger partial charge in [-0.15, -0.1) is 0 Å². The highest BCUT2D eigenvalue weighted by atomic mass is 32.2. The number of aromatic nitrogens is 2. The molecule has 9 heteroatoms. The molecule has 174 valence electrons. The lowest BCUT2D eigenvalue weighted by Crippen LogP contribution is -2.52. The zero-order valence-corrected chi connectivity index (χ0v) is 19.3. The molecule has 0 radical (unpaired) electrons. The maximum Gasteiger partial charge on any atom is 0.264 e. The molecule has 5 rings (SSSR count). The van der Waals surface area contributed by atoms with Gasteiger partial charge in [-0.1, -0.05) is 48.5 Å². The Kier molecular flexibility index (Phi) is 5.70. The molecule has 2 aromatic heterocycles. The quantitative estimate of drug-likeness (QED) is 0.443. The minimum Gasteiger partial charge on any atom is -0.396 e. The number of rotatable bonds is 6. The lowest BCUT2D eigenvalue weighted by molar-refractivity contribution is -0.134. The number of amides is 1. The highest BCUT2D eigenvalue weighted by Crippen LogP contribution is 2.38. The van der Waals surface area contributed by atoms with E-state index in [9.17, 15) is 13.2 Å². The number of nitrogens with one attached hydrogen (secondary N) is 1. The largest absolute Gasteiger partial charge is 0.396 e. The number of fused-ring (bicyclic) bond motifs is 1. The third kappa shape index (κ3) is 3.99. The van der Waals surface area contributed by atoms with Crippen LogP contribution in [0.15, 0.2) is 84.0 Å². The molecule has 2 aromatic carbocycles. The number of carbonyl (C=O) groups excluding carboxylic acids is 1. The van der Waals surface area contributed by atoms with E-state index in [1.54, 1.807) is 47.5 Å². The van der Waals surface area contributed by atoms with Crippen molar-refractivity contribution in [3.05, 3.63) is 84.7 Å². The fourth-order valence-corrected chi connectivity index (χ4v) is 6.24. The Bertz CT molecular complexity index is 1420. The number of benzene rings is 2. The SMILES string of the molecule is Nc1cnc2[nH]ccc2c1N(C1CCC(=O)N(Cc2ccccc2)C1)S(=O)(=O)c1ccccc1. The van der Waals surface area contributed by atoms with Crippen LogP contribution in [0.25, 0.3) is 11.0 Å². The van der Waals surface area contributed by atoms with Crippen LogP contribution in [-0.4, -0.2) is 41.8 Å². The number of nitrogen functional groups attached to an aromatic ring is 1. The minimum atomic E-state index is -3.99. The molecule has 1 unspecified atom stereocenters. The van der Waals surface area contributed by atoms with Crippen LogP contribution in [0.2, 0.25) is 0 Å². The molecule has 0 aliphatic carbocycles. The van der Waals surface area contributed by atoms with Crippen LogP contribution in [0.4, 0.5) is 11.4 Å². The second-order valence-corrected chi connectivity index (χ2v) is 10.2. The highest BCUT2D eigenvalue weighted by Gasteiger charge is 2.38. The normalized spacial score (nSPS) is 16.6. The summed E-state index contributed by atoms with van der Waals surface area (Å²) in [5, 5.41) is 0.617. The van der Waals surface area contributed by atoms with Crippen molar-refractivity contribution in [2.75, 3.05) is 16.6 Å². The number of aromatic amines is 1. The second kappa shape index (κ2) is 8.83. The summed E-state index contributed by atoms with van der Waals surface area (Å²) < 4.78 is 29.5. The molecule has 0 spiro atoms. The van der Waals surface area contributed by atoms with Crippen LogP contribution < -0.4 is 10.0 Å². The standard InChI is InChI=1S/C25H25N5O3S/c26-22-15-28-25-21(13-14-27-25)24(22)30(34(32,33)20-9-5-2-6-10-20)19-11-12-23(31)29(17-19)16-18-7-3-1-4-8-18/h1-10,13-15,19H,11-12,16-17,26H2,(H,27,28). The van der Waals surface area contributed by atoms with Crippen LogP contribution in [0.3, 0.4) is 0 Å². The third-order valence-corrected chi connectivity index (χ3v) is 8.00. The lowest BCUT2D eigenvalue weighted by atomic mass is 10.0. The molecule has 1 atom stereocenters. The maximum atomic E-state index is 14.0. The van der Waals surface area contributed by atoms with Crippen LogP contribution >= 0.6 is 0 Å². The van der Waals surface area contributed by atoms with Crippen LogP contribution in [0, 0.1) is 0 Å². The summed E-state index contributed by atoms with van der Waals surface area (Å²) >= 11 is 0. The first-order valence-electron chi connectivity index (χ1n) is 11.1. The van der Waals surface area contributed by atoms with Crippen molar-refractivity contribution in [2.24, 2.45) is 0 Å². The number of H-pyrrole nitrogens is 1. The number of hydrogen-bond donors (Lipinski definition) is 2. The Morgan fingerprint density at radius 2 is 1.76 bits per heavy atom. The first-order chi connectivity index (χ1) is 16.4. The molecular formula is C25H25N5O3S. The molecule has 4 aromatic rings. The van der Waals surface area contributed by atoms with Crippen molar-refractivity contribution >= 4 is 38.3 Å². The van der Waals surface area contributed by atoms with Crippen molar-refractivity contribution < 1.29 is 13.2 Å². The van der Waals surface area contributed by atoms with Crippen LogP contribution in [-0.2, 0) is 21.4 Å². The Morgan fingerprint density at radius 3 is 2.50 bits per heavy atom. The van der Waals surface area contributed by atoms with Gasteiger partial charge in [0.15, 0.2) is 0 Å². The van der Waals surface area contributed by atoms with Gasteiger partial charge in [0.2, 0.25) is 5.91 Å². The van der Waals surface area contributed by atoms with Crippen LogP contribution in [0.5, 0.6) is 0 Å². The molecule has 0 bridgehead atoms. The minimum absolute atomic E-state index is 0.00616. The first kappa shape index (κ1) is 22.0. The number of likely N-dealkylation sites (tertiary alicyclic amines) is 1. The average Bonchev–Trinajstić information content (AvgIpc) is 3.33. The fourth-order valence-electron chi connectivity index (χ4n) is 4.50. The Balaban J connectivity index is 1.61. The summed E-state index contributed by atoms with van der Waals surface area (Å²) in [7, 11) is -3.99. The van der Waals surface area contributed by atoms with E-state index in [0.717, 1.165) is 5.56 Å². The van der Waals surface area contributed by atoms with E-state index in [1.165, 1.54) is 10.5 Å². The molecule has 8 nitrogen and oxygen atoms in total. The molecule has 1 fully saturated rings. The number of sulfonamides is 1. The highest BCUT2D eigenvalue weighted by molar-refractivity contribution is 7.93. The van der Waals surface area contributed by atoms with Crippen LogP contribution in [0.1, 0.15) is 18.4 Å². The number of hydrogen-bond acceptors (Lipinski definition) is 5. The van der Waals surface area contributed by atoms with Gasteiger partial charge in [-0.3, -0.25) is 9.10 Å². The van der Waals surface area contributed by atoms with E-state index in [2.05, 4.69) is 9.97 Å². The second-order valence-electron chi connectivity index (χ2n) is 8.37. The number of pyridine rings is 1. The average molecular weight is 476 g/mol. The molecule has 1 saturated heterocycles. The van der Waals surface area contributed by atoms with E-state index in [4.69, 9.17) is 5.73 Å². The Morgan fingerprint density at radius 1 is 1.06 bits per heavy atom. The molecule has 1 aliphatic heterocycles. The van der Waals surface area contributed by atoms with E-state index in [-0.39, 0.29) is 29.5 Å². The van der Waals surface area contributed by atoms with Crippen molar-refractivity contribution in [3.63, 3.8) is 0 Å². The molecular weight excluding hydrogens is 450 g/mol. The number of anilines is 2. The molecule has 3 heterocycles. The van der Waals surface area contributed by atoms with Gasteiger partial charge in [-0.05, 0) is 30.2 Å². The van der Waals surface area contributed by atoms with Gasteiger partial charge < -0.3 is 15.6 Å². The number of nitrogens with zero attached hydrogens (tertiary/aromatic N) is 3. The summed E-state index contributed by atoms with van der Waals surface area (Å²) in [5.41, 5.74) is 8.53. The summed E-state index contributed by atoms with van der Waals surface area (Å²) in [6, 6.07) is 19.3. The Hall–Kier alpha value is -3.85. The topological polar surface area (TPSA) is 112 Å². The van der Waals surface area contributed by atoms with Gasteiger partial charge in [0.1, 0.15) is 5.65 Å². The van der Waals surface area contributed by atoms with Gasteiger partial charge in [-0.2, -0.15) is 0 Å². The lowest BCUT2D eigenvalue weighted by Gasteiger charge is -2.40. The van der Waals surface area contributed by atoms with Crippen molar-refractivity contribution in [3.8, 4) is 0 Å². The number of carbonyl (C=O) groups is 1. The monoisotopic (exact) mass is 475 g/mol. The number of nitrogens with two attached hydrogens (primary N) is 1. The van der Waals surface area contributed by atoms with Gasteiger partial charge >= 0.3 is 0 Å². The zero-order valence-electron chi connectivity index (χ0n) is 18.5. The van der Waals surface area contributed by atoms with Gasteiger partial charge in [-0.25, -0.2) is 13.4 Å². The molecule has 34 heavy (non-hydrogen) atoms. The molecule has 0 saturated carbocycles. The van der Waals surface area contributed by atoms with Crippen molar-refractivity contribution in [1.29, 1.82) is 0 Å². The predicted molar refractivity (Wildman–Crippen MR) is 131 cm³/mol. The maximum absolute atomic E-state index is 14.0. The Labute approximate surface area is 198 Å². The van der Waals surface area contributed by atoms with Crippen molar-refractivity contribution in [2.45, 2.75) is 30.3 Å². The van der Waals surface area contributed by atoms with Gasteiger partial charge in [0.25, 0.3) is 10.0 Å². The summed E-state index contributed by atoms with van der Waals surface area (Å²) in [6.07, 6.45) is 3.82. The smallest absolute Gasteiger partial charge is 0.264 e. The molecule has 1 amide bonds. The zero-order chi connectivity index (χ0) is 23.7. The summed E-state index contributed by atoms with van der Waals surface area (Å²) in [4.78, 5) is 22.0. The van der Waals surface area contributed by atoms with E-state index >= 15 is 0 Å². The predicted octanol–water partition coefficient (Wildman–Crippen LogP) is 3.53. The van der Waals surface area contributed by atoms with Crippen molar-refractivity contribution in [1.82, 2.24) is 14.9 Å². The summed E-state index contributed by atoms with van der Waals surface area (Å²) in [6.45, 7) is 0.675. The fraction of sp³-hybridized carbons (Fsp3) is 0.200. The molecule has 1 aliphatic rings. The molecule has 3 N–H and O–H groups in total. The van der Waals surface area contributed by atoms with Gasteiger partial charge in [0, 0.05) is 31.1 Å². The van der Waals surface area contributed by atoms with E-state index in [0.29, 0.717) is 29.7 Å². The van der Waals surface area contributed by atoms with Gasteiger partial charge in [0.05, 0.1) is 28.5 Å². The van der Waals surface area contributed by atoms with E-state index in [1.807, 2.05) is 30.3 Å². The third-order valence-electron chi connectivity index (χ3n) is 6.13. The first-order valence-corrected chi connectivity index (χ1v) is 12.5.